The van der Waals surface area contributed by atoms with Gasteiger partial charge in [0.05, 0.1) is 31.1 Å². The molecule has 0 radical (unpaired) electrons. The highest BCUT2D eigenvalue weighted by Crippen LogP contribution is 2.20. The molecule has 4 heteroatoms. The zero-order valence-electron chi connectivity index (χ0n) is 14.2. The van der Waals surface area contributed by atoms with Crippen LogP contribution in [0.3, 0.4) is 0 Å². The molecule has 1 heterocycles. The molecule has 0 atom stereocenters. The first-order valence-corrected chi connectivity index (χ1v) is 11.0. The van der Waals surface area contributed by atoms with Crippen LogP contribution >= 0.6 is 0 Å². The average Bonchev–Trinajstić information content (AvgIpc) is 2.69. The summed E-state index contributed by atoms with van der Waals surface area (Å²) < 4.78 is 1.83. The summed E-state index contributed by atoms with van der Waals surface area (Å²) in [6.07, 6.45) is 1.93. The first kappa shape index (κ1) is 16.3. The summed E-state index contributed by atoms with van der Waals surface area (Å²) in [7, 11) is 0.605. The van der Waals surface area contributed by atoms with Crippen LogP contribution in [0.2, 0.25) is 19.6 Å². The molecule has 2 aromatic rings. The molecule has 0 fully saturated rings. The first-order chi connectivity index (χ1) is 10.2. The van der Waals surface area contributed by atoms with Crippen molar-refractivity contribution in [1.29, 1.82) is 5.26 Å². The fraction of sp³-hybridized carbons (Fsp3) is 0.333. The van der Waals surface area contributed by atoms with Gasteiger partial charge in [-0.1, -0.05) is 49.1 Å². The minimum Gasteiger partial charge on any atom is -0.268 e. The molecule has 2 rings (SSSR count). The number of nitrogens with zero attached hydrogens (tertiary/aromatic N) is 3. The number of hydrogen-bond donors (Lipinski definition) is 0. The van der Waals surface area contributed by atoms with E-state index in [-0.39, 0.29) is 0 Å². The Morgan fingerprint density at radius 3 is 2.18 bits per heavy atom. The van der Waals surface area contributed by atoms with Gasteiger partial charge >= 0.3 is 0 Å². The van der Waals surface area contributed by atoms with Crippen molar-refractivity contribution >= 4 is 24.9 Å². The standard InChI is InChI=1S/C18H23N3Si/c1-13-14(2)20-21(3)18(13)11-16(12-19)15-7-9-17(10-8-15)22(4,5)6/h7-11H,1-6H3. The summed E-state index contributed by atoms with van der Waals surface area (Å²) in [5.41, 5.74) is 4.74. The van der Waals surface area contributed by atoms with Gasteiger partial charge in [0.1, 0.15) is 0 Å². The van der Waals surface area contributed by atoms with Crippen LogP contribution in [0.25, 0.3) is 11.6 Å². The Labute approximate surface area is 133 Å². The second-order valence-corrected chi connectivity index (χ2v) is 11.8. The molecule has 1 aromatic carbocycles. The fourth-order valence-electron chi connectivity index (χ4n) is 2.45. The van der Waals surface area contributed by atoms with Crippen molar-refractivity contribution in [3.63, 3.8) is 0 Å². The van der Waals surface area contributed by atoms with Crippen molar-refractivity contribution in [2.45, 2.75) is 33.5 Å². The summed E-state index contributed by atoms with van der Waals surface area (Å²) in [5, 5.41) is 15.3. The van der Waals surface area contributed by atoms with Crippen LogP contribution in [0.15, 0.2) is 24.3 Å². The normalized spacial score (nSPS) is 12.3. The number of nitriles is 1. The summed E-state index contributed by atoms with van der Waals surface area (Å²) in [6.45, 7) is 11.0. The Morgan fingerprint density at radius 2 is 1.77 bits per heavy atom. The molecule has 0 spiro atoms. The van der Waals surface area contributed by atoms with Crippen LogP contribution in [0.5, 0.6) is 0 Å². The van der Waals surface area contributed by atoms with Gasteiger partial charge in [0, 0.05) is 7.05 Å². The number of benzene rings is 1. The van der Waals surface area contributed by atoms with Gasteiger partial charge in [-0.3, -0.25) is 4.68 Å². The number of allylic oxidation sites excluding steroid dienone is 1. The largest absolute Gasteiger partial charge is 0.268 e. The van der Waals surface area contributed by atoms with E-state index < -0.39 is 8.07 Å². The van der Waals surface area contributed by atoms with Crippen molar-refractivity contribution in [3.8, 4) is 6.07 Å². The van der Waals surface area contributed by atoms with Crippen LogP contribution in [-0.4, -0.2) is 17.9 Å². The maximum Gasteiger partial charge on any atom is 0.0998 e. The highest BCUT2D eigenvalue weighted by Gasteiger charge is 2.16. The SMILES string of the molecule is Cc1nn(C)c(C=C(C#N)c2ccc([Si](C)(C)C)cc2)c1C. The topological polar surface area (TPSA) is 41.6 Å². The number of hydrogen-bond acceptors (Lipinski definition) is 2. The van der Waals surface area contributed by atoms with Gasteiger partial charge in [0.15, 0.2) is 0 Å². The number of rotatable bonds is 3. The lowest BCUT2D eigenvalue weighted by atomic mass is 10.0. The third kappa shape index (κ3) is 3.20. The van der Waals surface area contributed by atoms with Crippen molar-refractivity contribution in [2.75, 3.05) is 0 Å². The minimum absolute atomic E-state index is 0.674. The molecule has 0 aliphatic heterocycles. The second kappa shape index (κ2) is 5.94. The van der Waals surface area contributed by atoms with E-state index in [0.717, 1.165) is 22.5 Å². The van der Waals surface area contributed by atoms with Crippen molar-refractivity contribution in [2.24, 2.45) is 7.05 Å². The molecule has 0 aliphatic rings. The summed E-state index contributed by atoms with van der Waals surface area (Å²) in [5.74, 6) is 0. The van der Waals surface area contributed by atoms with Gasteiger partial charge in [0.2, 0.25) is 0 Å². The molecule has 0 bridgehead atoms. The van der Waals surface area contributed by atoms with E-state index in [4.69, 9.17) is 0 Å². The molecule has 0 N–H and O–H groups in total. The maximum atomic E-state index is 9.52. The van der Waals surface area contributed by atoms with Crippen LogP contribution in [0, 0.1) is 25.2 Å². The molecule has 0 aliphatic carbocycles. The molecule has 1 aromatic heterocycles. The Kier molecular flexibility index (Phi) is 4.39. The van der Waals surface area contributed by atoms with E-state index in [1.165, 1.54) is 5.19 Å². The molecule has 0 saturated heterocycles. The maximum absolute atomic E-state index is 9.52. The van der Waals surface area contributed by atoms with E-state index in [2.05, 4.69) is 55.1 Å². The highest BCUT2D eigenvalue weighted by molar-refractivity contribution is 6.88. The molecular formula is C18H23N3Si. The predicted octanol–water partition coefficient (Wildman–Crippen LogP) is 3.65. The van der Waals surface area contributed by atoms with Crippen LogP contribution in [0.4, 0.5) is 0 Å². The Hall–Kier alpha value is -2.12. The Balaban J connectivity index is 2.45. The molecular weight excluding hydrogens is 286 g/mol. The third-order valence-electron chi connectivity index (χ3n) is 4.04. The number of aryl methyl sites for hydroxylation is 2. The van der Waals surface area contributed by atoms with E-state index >= 15 is 0 Å². The highest BCUT2D eigenvalue weighted by atomic mass is 28.3. The van der Waals surface area contributed by atoms with Gasteiger partial charge in [-0.2, -0.15) is 10.4 Å². The first-order valence-electron chi connectivity index (χ1n) is 7.47. The van der Waals surface area contributed by atoms with Gasteiger partial charge in [-0.15, -0.1) is 0 Å². The lowest BCUT2D eigenvalue weighted by molar-refractivity contribution is 0.749. The Morgan fingerprint density at radius 1 is 1.18 bits per heavy atom. The fourth-order valence-corrected chi connectivity index (χ4v) is 3.62. The molecule has 0 saturated carbocycles. The summed E-state index contributed by atoms with van der Waals surface area (Å²) in [4.78, 5) is 0. The summed E-state index contributed by atoms with van der Waals surface area (Å²) in [6, 6.07) is 10.8. The third-order valence-corrected chi connectivity index (χ3v) is 6.10. The monoisotopic (exact) mass is 309 g/mol. The van der Waals surface area contributed by atoms with Crippen molar-refractivity contribution < 1.29 is 0 Å². The van der Waals surface area contributed by atoms with E-state index in [1.54, 1.807) is 0 Å². The zero-order chi connectivity index (χ0) is 16.5. The molecule has 114 valence electrons. The van der Waals surface area contributed by atoms with Crippen LogP contribution in [-0.2, 0) is 7.05 Å². The van der Waals surface area contributed by atoms with Crippen molar-refractivity contribution in [3.05, 3.63) is 46.8 Å². The Bertz CT molecular complexity index is 753. The zero-order valence-corrected chi connectivity index (χ0v) is 15.2. The average molecular weight is 309 g/mol. The van der Waals surface area contributed by atoms with E-state index in [1.807, 2.05) is 31.7 Å². The van der Waals surface area contributed by atoms with Crippen LogP contribution in [0.1, 0.15) is 22.5 Å². The van der Waals surface area contributed by atoms with Gasteiger partial charge in [-0.25, -0.2) is 0 Å². The van der Waals surface area contributed by atoms with Gasteiger partial charge in [-0.05, 0) is 31.1 Å². The van der Waals surface area contributed by atoms with E-state index in [9.17, 15) is 5.26 Å². The molecule has 0 amide bonds. The predicted molar refractivity (Wildman–Crippen MR) is 95.6 cm³/mol. The van der Waals surface area contributed by atoms with Crippen molar-refractivity contribution in [1.82, 2.24) is 9.78 Å². The lowest BCUT2D eigenvalue weighted by Gasteiger charge is -2.16. The number of aromatic nitrogens is 2. The van der Waals surface area contributed by atoms with Gasteiger partial charge in [0.25, 0.3) is 0 Å². The smallest absolute Gasteiger partial charge is 0.0998 e. The second-order valence-electron chi connectivity index (χ2n) is 6.72. The molecule has 0 unspecified atom stereocenters. The quantitative estimate of drug-likeness (QED) is 0.641. The molecule has 3 nitrogen and oxygen atoms in total. The lowest BCUT2D eigenvalue weighted by Crippen LogP contribution is -2.37. The van der Waals surface area contributed by atoms with Crippen LogP contribution < -0.4 is 5.19 Å². The van der Waals surface area contributed by atoms with E-state index in [0.29, 0.717) is 5.57 Å². The summed E-state index contributed by atoms with van der Waals surface area (Å²) >= 11 is 0. The molecule has 22 heavy (non-hydrogen) atoms. The minimum atomic E-state index is -1.31. The van der Waals surface area contributed by atoms with Gasteiger partial charge < -0.3 is 0 Å².